The first kappa shape index (κ1) is 21.7. The van der Waals surface area contributed by atoms with E-state index in [1.165, 1.54) is 11.3 Å². The van der Waals surface area contributed by atoms with Crippen LogP contribution in [0.25, 0.3) is 21.8 Å². The maximum atomic E-state index is 14.8. The highest BCUT2D eigenvalue weighted by Gasteiger charge is 2.41. The monoisotopic (exact) mass is 491 g/mol. The predicted molar refractivity (Wildman–Crippen MR) is 130 cm³/mol. The van der Waals surface area contributed by atoms with E-state index in [1.54, 1.807) is 12.3 Å². The van der Waals surface area contributed by atoms with E-state index in [2.05, 4.69) is 30.2 Å². The molecule has 1 N–H and O–H groups in total. The van der Waals surface area contributed by atoms with Crippen molar-refractivity contribution in [3.05, 3.63) is 60.5 Å². The number of halogens is 1. The maximum absolute atomic E-state index is 14.8. The van der Waals surface area contributed by atoms with E-state index in [0.717, 1.165) is 52.1 Å². The number of hydrogen-bond acceptors (Lipinski definition) is 8. The van der Waals surface area contributed by atoms with Gasteiger partial charge in [-0.15, -0.1) is 10.2 Å². The lowest BCUT2D eigenvalue weighted by atomic mass is 10.0. The topological polar surface area (TPSA) is 100 Å². The zero-order chi connectivity index (χ0) is 23.9. The summed E-state index contributed by atoms with van der Waals surface area (Å²) in [6.07, 6.45) is 1.70. The molecular weight excluding hydrogens is 469 g/mol. The number of benzene rings is 2. The van der Waals surface area contributed by atoms with Crippen molar-refractivity contribution in [3.8, 4) is 21.8 Å². The molecule has 2 aliphatic heterocycles. The third-order valence-electron chi connectivity index (χ3n) is 6.59. The average molecular weight is 492 g/mol. The molecule has 0 bridgehead atoms. The van der Waals surface area contributed by atoms with Crippen molar-refractivity contribution in [1.29, 1.82) is 0 Å². The van der Waals surface area contributed by atoms with E-state index in [1.807, 2.05) is 42.5 Å². The van der Waals surface area contributed by atoms with Crippen LogP contribution < -0.4 is 9.80 Å². The molecule has 0 saturated carbocycles. The summed E-state index contributed by atoms with van der Waals surface area (Å²) in [5.41, 5.74) is 2.76. The molecule has 4 heterocycles. The lowest BCUT2D eigenvalue weighted by Gasteiger charge is -2.24. The van der Waals surface area contributed by atoms with Gasteiger partial charge in [0.15, 0.2) is 11.7 Å². The Morgan fingerprint density at radius 3 is 2.51 bits per heavy atom. The molecule has 2 aliphatic rings. The van der Waals surface area contributed by atoms with Gasteiger partial charge in [-0.1, -0.05) is 47.7 Å². The van der Waals surface area contributed by atoms with Crippen molar-refractivity contribution in [2.45, 2.75) is 6.54 Å². The van der Waals surface area contributed by atoms with Crippen molar-refractivity contribution in [2.75, 3.05) is 36.0 Å². The Labute approximate surface area is 204 Å². The van der Waals surface area contributed by atoms with Crippen LogP contribution >= 0.6 is 11.3 Å². The molecular formula is C24H22FN7O2S. The van der Waals surface area contributed by atoms with Crippen LogP contribution in [0.2, 0.25) is 0 Å². The number of carbonyl (C=O) groups is 1. The number of thiazole rings is 1. The van der Waals surface area contributed by atoms with Gasteiger partial charge < -0.3 is 14.9 Å². The molecule has 11 heteroatoms. The number of rotatable bonds is 6. The number of anilines is 2. The molecule has 0 spiro atoms. The van der Waals surface area contributed by atoms with Gasteiger partial charge in [-0.3, -0.25) is 4.79 Å². The first-order valence-corrected chi connectivity index (χ1v) is 12.2. The summed E-state index contributed by atoms with van der Waals surface area (Å²) >= 11 is 1.47. The molecule has 0 radical (unpaired) electrons. The minimum Gasteiger partial charge on any atom is -0.480 e. The highest BCUT2D eigenvalue weighted by atomic mass is 32.1. The van der Waals surface area contributed by atoms with Crippen LogP contribution in [-0.2, 0) is 11.3 Å². The average Bonchev–Trinajstić information content (AvgIpc) is 3.62. The summed E-state index contributed by atoms with van der Waals surface area (Å²) in [6.45, 7) is 2.99. The first-order valence-electron chi connectivity index (χ1n) is 11.3. The zero-order valence-corrected chi connectivity index (χ0v) is 19.5. The number of tetrazole rings is 1. The molecule has 2 aromatic carbocycles. The number of carboxylic acids is 1. The highest BCUT2D eigenvalue weighted by Crippen LogP contribution is 2.39. The summed E-state index contributed by atoms with van der Waals surface area (Å²) in [7, 11) is 0. The van der Waals surface area contributed by atoms with Gasteiger partial charge in [-0.2, -0.15) is 4.80 Å². The number of aliphatic carboxylic acids is 1. The highest BCUT2D eigenvalue weighted by molar-refractivity contribution is 7.18. The predicted octanol–water partition coefficient (Wildman–Crippen LogP) is 3.26. The second kappa shape index (κ2) is 8.73. The lowest BCUT2D eigenvalue weighted by molar-refractivity contribution is -0.138. The third kappa shape index (κ3) is 4.23. The van der Waals surface area contributed by atoms with E-state index in [4.69, 9.17) is 5.11 Å². The molecule has 2 fully saturated rings. The maximum Gasteiger partial charge on any atom is 0.327 e. The normalized spacial score (nSPS) is 19.3. The van der Waals surface area contributed by atoms with Gasteiger partial charge in [0.05, 0.1) is 16.8 Å². The number of aromatic nitrogens is 5. The minimum absolute atomic E-state index is 0.186. The summed E-state index contributed by atoms with van der Waals surface area (Å²) in [5.74, 6) is 0.0144. The van der Waals surface area contributed by atoms with Crippen LogP contribution in [0.4, 0.5) is 15.2 Å². The fraction of sp³-hybridized carbons (Fsp3) is 0.292. The molecule has 0 aliphatic carbocycles. The lowest BCUT2D eigenvalue weighted by Crippen LogP contribution is -2.29. The fourth-order valence-electron chi connectivity index (χ4n) is 4.96. The third-order valence-corrected chi connectivity index (χ3v) is 7.65. The summed E-state index contributed by atoms with van der Waals surface area (Å²) in [4.78, 5) is 21.6. The van der Waals surface area contributed by atoms with Gasteiger partial charge >= 0.3 is 5.97 Å². The van der Waals surface area contributed by atoms with Crippen LogP contribution in [0, 0.1) is 17.7 Å². The standard InChI is InChI=1S/C24H22FN7O2S/c25-19-7-6-16(15-4-2-1-3-5-15)8-20(19)30-10-17-12-31(13-18(17)11-30)24-26-9-21(35-24)23-27-29-32(28-23)14-22(33)34/h1-9,17-18H,10-14H2,(H,33,34). The SMILES string of the molecule is O=C(O)Cn1nnc(-c2cnc(N3CC4CN(c5cc(-c6ccccc6)ccc5F)CC4C3)s2)n1. The second-order valence-electron chi connectivity index (χ2n) is 8.91. The Balaban J connectivity index is 1.13. The van der Waals surface area contributed by atoms with Crippen molar-refractivity contribution in [3.63, 3.8) is 0 Å². The van der Waals surface area contributed by atoms with Crippen LogP contribution in [0.1, 0.15) is 0 Å². The van der Waals surface area contributed by atoms with E-state index in [0.29, 0.717) is 23.3 Å². The molecule has 0 amide bonds. The van der Waals surface area contributed by atoms with Gasteiger partial charge in [-0.05, 0) is 28.5 Å². The Kier molecular flexibility index (Phi) is 5.40. The fourth-order valence-corrected chi connectivity index (χ4v) is 5.81. The summed E-state index contributed by atoms with van der Waals surface area (Å²) < 4.78 is 14.8. The van der Waals surface area contributed by atoms with E-state index in [-0.39, 0.29) is 12.4 Å². The summed E-state index contributed by atoms with van der Waals surface area (Å²) in [5, 5.41) is 21.6. The molecule has 2 atom stereocenters. The van der Waals surface area contributed by atoms with E-state index >= 15 is 0 Å². The van der Waals surface area contributed by atoms with Crippen molar-refractivity contribution in [1.82, 2.24) is 25.2 Å². The Hall–Kier alpha value is -3.86. The van der Waals surface area contributed by atoms with Gasteiger partial charge in [-0.25, -0.2) is 9.37 Å². The number of nitrogens with zero attached hydrogens (tertiary/aromatic N) is 7. The van der Waals surface area contributed by atoms with Gasteiger partial charge in [0.2, 0.25) is 5.82 Å². The first-order chi connectivity index (χ1) is 17.0. The van der Waals surface area contributed by atoms with Gasteiger partial charge in [0.1, 0.15) is 5.82 Å². The second-order valence-corrected chi connectivity index (χ2v) is 9.92. The van der Waals surface area contributed by atoms with E-state index in [9.17, 15) is 9.18 Å². The largest absolute Gasteiger partial charge is 0.480 e. The molecule has 178 valence electrons. The van der Waals surface area contributed by atoms with Crippen molar-refractivity contribution < 1.29 is 14.3 Å². The molecule has 9 nitrogen and oxygen atoms in total. The Bertz CT molecular complexity index is 1360. The smallest absolute Gasteiger partial charge is 0.327 e. The van der Waals surface area contributed by atoms with Crippen molar-refractivity contribution >= 4 is 28.1 Å². The number of hydrogen-bond donors (Lipinski definition) is 1. The van der Waals surface area contributed by atoms with Gasteiger partial charge in [0.25, 0.3) is 0 Å². The van der Waals surface area contributed by atoms with Crippen LogP contribution in [0.5, 0.6) is 0 Å². The minimum atomic E-state index is -1.02. The van der Waals surface area contributed by atoms with Crippen LogP contribution in [0.15, 0.2) is 54.7 Å². The van der Waals surface area contributed by atoms with Crippen LogP contribution in [-0.4, -0.2) is 62.4 Å². The zero-order valence-electron chi connectivity index (χ0n) is 18.7. The van der Waals surface area contributed by atoms with Gasteiger partial charge in [0, 0.05) is 38.0 Å². The Morgan fingerprint density at radius 2 is 1.77 bits per heavy atom. The molecule has 2 unspecified atom stereocenters. The number of fused-ring (bicyclic) bond motifs is 1. The number of carboxylic acid groups (broad SMARTS) is 1. The molecule has 2 aromatic heterocycles. The van der Waals surface area contributed by atoms with E-state index < -0.39 is 5.97 Å². The summed E-state index contributed by atoms with van der Waals surface area (Å²) in [6, 6.07) is 15.4. The quantitative estimate of drug-likeness (QED) is 0.439. The molecule has 4 aromatic rings. The molecule has 2 saturated heterocycles. The van der Waals surface area contributed by atoms with Crippen molar-refractivity contribution in [2.24, 2.45) is 11.8 Å². The Morgan fingerprint density at radius 1 is 1.03 bits per heavy atom. The molecule has 35 heavy (non-hydrogen) atoms. The molecule has 6 rings (SSSR count). The van der Waals surface area contributed by atoms with Crippen LogP contribution in [0.3, 0.4) is 0 Å².